The molecule has 1 fully saturated rings. The summed E-state index contributed by atoms with van der Waals surface area (Å²) >= 11 is 6.16. The van der Waals surface area contributed by atoms with Crippen molar-refractivity contribution in [3.63, 3.8) is 0 Å². The van der Waals surface area contributed by atoms with Crippen LogP contribution in [0.2, 0.25) is 5.02 Å². The van der Waals surface area contributed by atoms with Crippen molar-refractivity contribution in [2.45, 2.75) is 31.5 Å². The third-order valence-electron chi connectivity index (χ3n) is 7.59. The molecule has 0 bridgehead atoms. The van der Waals surface area contributed by atoms with E-state index in [1.807, 2.05) is 41.0 Å². The second-order valence-electron chi connectivity index (χ2n) is 9.97. The van der Waals surface area contributed by atoms with Crippen LogP contribution in [0, 0.1) is 0 Å². The van der Waals surface area contributed by atoms with Gasteiger partial charge in [0.15, 0.2) is 5.65 Å². The summed E-state index contributed by atoms with van der Waals surface area (Å²) in [5.74, 6) is -0.643. The van der Waals surface area contributed by atoms with E-state index in [9.17, 15) is 9.59 Å². The monoisotopic (exact) mass is 549 g/mol. The molecule has 198 valence electrons. The van der Waals surface area contributed by atoms with E-state index in [0.29, 0.717) is 27.4 Å². The zero-order valence-electron chi connectivity index (χ0n) is 21.4. The summed E-state index contributed by atoms with van der Waals surface area (Å²) in [6, 6.07) is 21.2. The molecule has 2 aliphatic heterocycles. The number of imide groups is 1. The summed E-state index contributed by atoms with van der Waals surface area (Å²) in [5, 5.41) is 0.575. The lowest BCUT2D eigenvalue weighted by Gasteiger charge is -2.27. The largest absolute Gasteiger partial charge is 0.358 e. The second kappa shape index (κ2) is 9.97. The fraction of sp³-hybridized carbons (Fsp3) is 0.194. The highest BCUT2D eigenvalue weighted by molar-refractivity contribution is 6.30. The van der Waals surface area contributed by atoms with Crippen LogP contribution in [0.3, 0.4) is 0 Å². The predicted octanol–water partition coefficient (Wildman–Crippen LogP) is 6.23. The van der Waals surface area contributed by atoms with E-state index < -0.39 is 6.04 Å². The first kappa shape index (κ1) is 24.6. The molecule has 4 heterocycles. The van der Waals surface area contributed by atoms with Crippen molar-refractivity contribution in [2.75, 3.05) is 6.61 Å². The van der Waals surface area contributed by atoms with Gasteiger partial charge in [-0.05, 0) is 54.7 Å². The molecule has 0 N–H and O–H groups in total. The van der Waals surface area contributed by atoms with Gasteiger partial charge < -0.3 is 4.74 Å². The zero-order chi connectivity index (χ0) is 27.2. The molecule has 2 atom stereocenters. The lowest BCUT2D eigenvalue weighted by Crippen LogP contribution is -2.34. The summed E-state index contributed by atoms with van der Waals surface area (Å²) in [6.45, 7) is 0.728. The minimum absolute atomic E-state index is 0.0799. The minimum atomic E-state index is -0.633. The van der Waals surface area contributed by atoms with Gasteiger partial charge >= 0.3 is 0 Å². The molecule has 0 radical (unpaired) electrons. The van der Waals surface area contributed by atoms with Crippen LogP contribution in [0.25, 0.3) is 22.4 Å². The summed E-state index contributed by atoms with van der Waals surface area (Å²) in [5.41, 5.74) is 5.35. The Balaban J connectivity index is 1.28. The molecule has 2 amide bonds. The SMILES string of the molecule is O=C1c2ccccc2C(=O)N1C(c1ccc(Cl)cc1)c1ccc(-c2ncnc3c2ncn3C2CCCCO2)cc1. The molecule has 0 aliphatic carbocycles. The molecular formula is C31H24ClN5O3. The summed E-state index contributed by atoms with van der Waals surface area (Å²) < 4.78 is 7.93. The van der Waals surface area contributed by atoms with Gasteiger partial charge in [-0.2, -0.15) is 0 Å². The molecule has 9 heteroatoms. The van der Waals surface area contributed by atoms with Crippen molar-refractivity contribution in [1.29, 1.82) is 0 Å². The quantitative estimate of drug-likeness (QED) is 0.241. The molecule has 0 saturated carbocycles. The van der Waals surface area contributed by atoms with Gasteiger partial charge in [0.05, 0.1) is 23.5 Å². The Labute approximate surface area is 235 Å². The zero-order valence-corrected chi connectivity index (χ0v) is 22.2. The van der Waals surface area contributed by atoms with Gasteiger partial charge in [-0.1, -0.05) is 60.1 Å². The minimum Gasteiger partial charge on any atom is -0.358 e. The highest BCUT2D eigenvalue weighted by Crippen LogP contribution is 2.37. The normalized spacial score (nSPS) is 17.8. The lowest BCUT2D eigenvalue weighted by atomic mass is 9.95. The van der Waals surface area contributed by atoms with Crippen molar-refractivity contribution < 1.29 is 14.3 Å². The van der Waals surface area contributed by atoms with Gasteiger partial charge in [-0.3, -0.25) is 19.1 Å². The Bertz CT molecular complexity index is 1710. The number of imidazole rings is 1. The molecule has 8 nitrogen and oxygen atoms in total. The van der Waals surface area contributed by atoms with Crippen molar-refractivity contribution >= 4 is 34.6 Å². The summed E-state index contributed by atoms with van der Waals surface area (Å²) in [6.07, 6.45) is 6.32. The number of benzene rings is 3. The van der Waals surface area contributed by atoms with Gasteiger partial charge in [-0.25, -0.2) is 15.0 Å². The number of amides is 2. The third-order valence-corrected chi connectivity index (χ3v) is 7.85. The molecule has 2 aromatic heterocycles. The second-order valence-corrected chi connectivity index (χ2v) is 10.4. The van der Waals surface area contributed by atoms with Crippen LogP contribution in [0.1, 0.15) is 63.4 Å². The van der Waals surface area contributed by atoms with Crippen molar-refractivity contribution in [1.82, 2.24) is 24.4 Å². The number of aromatic nitrogens is 4. The van der Waals surface area contributed by atoms with Gasteiger partial charge in [0.1, 0.15) is 23.8 Å². The number of rotatable bonds is 5. The first-order valence-corrected chi connectivity index (χ1v) is 13.6. The van der Waals surface area contributed by atoms with E-state index in [0.717, 1.165) is 48.2 Å². The van der Waals surface area contributed by atoms with Gasteiger partial charge in [0.2, 0.25) is 0 Å². The van der Waals surface area contributed by atoms with E-state index in [1.54, 1.807) is 49.1 Å². The van der Waals surface area contributed by atoms with E-state index in [4.69, 9.17) is 16.3 Å². The maximum atomic E-state index is 13.5. The molecule has 3 aromatic carbocycles. The molecule has 5 aromatic rings. The number of halogens is 1. The smallest absolute Gasteiger partial charge is 0.262 e. The van der Waals surface area contributed by atoms with Crippen LogP contribution in [0.5, 0.6) is 0 Å². The van der Waals surface area contributed by atoms with Crippen molar-refractivity contribution in [2.24, 2.45) is 0 Å². The van der Waals surface area contributed by atoms with E-state index >= 15 is 0 Å². The van der Waals surface area contributed by atoms with Crippen molar-refractivity contribution in [3.05, 3.63) is 113 Å². The van der Waals surface area contributed by atoms with E-state index in [-0.39, 0.29) is 18.0 Å². The van der Waals surface area contributed by atoms with Gasteiger partial charge in [0.25, 0.3) is 11.8 Å². The van der Waals surface area contributed by atoms with Gasteiger partial charge in [0, 0.05) is 17.2 Å². The number of hydrogen-bond donors (Lipinski definition) is 0. The first-order valence-electron chi connectivity index (χ1n) is 13.2. The van der Waals surface area contributed by atoms with Gasteiger partial charge in [-0.15, -0.1) is 0 Å². The van der Waals surface area contributed by atoms with Crippen LogP contribution >= 0.6 is 11.6 Å². The fourth-order valence-electron chi connectivity index (χ4n) is 5.62. The summed E-state index contributed by atoms with van der Waals surface area (Å²) in [4.78, 5) is 42.0. The summed E-state index contributed by atoms with van der Waals surface area (Å²) in [7, 11) is 0. The number of hydrogen-bond acceptors (Lipinski definition) is 6. The predicted molar refractivity (Wildman–Crippen MR) is 150 cm³/mol. The average molecular weight is 550 g/mol. The fourth-order valence-corrected chi connectivity index (χ4v) is 5.74. The standard InChI is InChI=1S/C31H24ClN5O3/c32-22-14-12-21(13-15-22)28(37-30(38)23-5-1-2-6-24(23)31(37)39)20-10-8-19(9-11-20)26-27-29(34-17-33-26)36(18-35-27)25-7-3-4-16-40-25/h1-2,5-6,8-15,17-18,25,28H,3-4,7,16H2. The maximum Gasteiger partial charge on any atom is 0.262 e. The number of nitrogens with zero attached hydrogens (tertiary/aromatic N) is 5. The van der Waals surface area contributed by atoms with Crippen LogP contribution < -0.4 is 0 Å². The molecule has 40 heavy (non-hydrogen) atoms. The number of carbonyl (C=O) groups is 2. The molecular weight excluding hydrogens is 526 g/mol. The maximum absolute atomic E-state index is 13.5. The van der Waals surface area contributed by atoms with Crippen LogP contribution in [-0.2, 0) is 4.74 Å². The highest BCUT2D eigenvalue weighted by Gasteiger charge is 2.41. The van der Waals surface area contributed by atoms with E-state index in [2.05, 4.69) is 15.0 Å². The Morgan fingerprint density at radius 2 is 1.50 bits per heavy atom. The molecule has 1 saturated heterocycles. The van der Waals surface area contributed by atoms with E-state index in [1.165, 1.54) is 4.90 Å². The molecule has 2 aliphatic rings. The van der Waals surface area contributed by atoms with Crippen LogP contribution in [0.4, 0.5) is 0 Å². The third kappa shape index (κ3) is 4.08. The topological polar surface area (TPSA) is 90.2 Å². The number of fused-ring (bicyclic) bond motifs is 2. The number of carbonyl (C=O) groups excluding carboxylic acids is 2. The average Bonchev–Trinajstić information content (AvgIpc) is 3.55. The Hall–Kier alpha value is -4.40. The van der Waals surface area contributed by atoms with Crippen LogP contribution in [0.15, 0.2) is 85.5 Å². The highest BCUT2D eigenvalue weighted by atomic mass is 35.5. The Morgan fingerprint density at radius 1 is 0.825 bits per heavy atom. The number of ether oxygens (including phenoxy) is 1. The Kier molecular flexibility index (Phi) is 6.14. The Morgan fingerprint density at radius 3 is 2.15 bits per heavy atom. The van der Waals surface area contributed by atoms with Crippen molar-refractivity contribution in [3.8, 4) is 11.3 Å². The molecule has 7 rings (SSSR count). The molecule has 2 unspecified atom stereocenters. The molecule has 0 spiro atoms. The van der Waals surface area contributed by atoms with Crippen LogP contribution in [-0.4, -0.2) is 42.8 Å². The lowest BCUT2D eigenvalue weighted by molar-refractivity contribution is -0.0298. The first-order chi connectivity index (χ1) is 19.6.